The zero-order valence-electron chi connectivity index (χ0n) is 13.4. The van der Waals surface area contributed by atoms with Gasteiger partial charge in [-0.15, -0.1) is 0 Å². The third-order valence-corrected chi connectivity index (χ3v) is 4.86. The summed E-state index contributed by atoms with van der Waals surface area (Å²) in [5, 5.41) is 12.0. The molecule has 1 aliphatic carbocycles. The van der Waals surface area contributed by atoms with Crippen LogP contribution in [0.5, 0.6) is 0 Å². The van der Waals surface area contributed by atoms with Gasteiger partial charge in [-0.05, 0) is 30.2 Å². The van der Waals surface area contributed by atoms with Gasteiger partial charge in [0.15, 0.2) is 0 Å². The molecule has 128 valence electrons. The maximum Gasteiger partial charge on any atom is 0.407 e. The fourth-order valence-corrected chi connectivity index (χ4v) is 3.32. The number of aliphatic carboxylic acids is 1. The Morgan fingerprint density at radius 2 is 1.96 bits per heavy atom. The van der Waals surface area contributed by atoms with Crippen LogP contribution in [0.15, 0.2) is 30.3 Å². The summed E-state index contributed by atoms with van der Waals surface area (Å²) in [7, 11) is 1.22. The van der Waals surface area contributed by atoms with Crippen molar-refractivity contribution in [3.63, 3.8) is 0 Å². The van der Waals surface area contributed by atoms with E-state index in [1.807, 2.05) is 0 Å². The van der Waals surface area contributed by atoms with Gasteiger partial charge in [-0.25, -0.2) is 9.59 Å². The zero-order valence-corrected chi connectivity index (χ0v) is 13.4. The van der Waals surface area contributed by atoms with Gasteiger partial charge < -0.3 is 20.1 Å². The largest absolute Gasteiger partial charge is 0.480 e. The van der Waals surface area contributed by atoms with Gasteiger partial charge in [-0.3, -0.25) is 4.79 Å². The van der Waals surface area contributed by atoms with Crippen molar-refractivity contribution in [1.82, 2.24) is 10.2 Å². The van der Waals surface area contributed by atoms with Crippen molar-refractivity contribution in [2.45, 2.75) is 31.3 Å². The number of benzene rings is 1. The number of ether oxygens (including phenoxy) is 1. The van der Waals surface area contributed by atoms with E-state index >= 15 is 0 Å². The second kappa shape index (κ2) is 6.14. The highest BCUT2D eigenvalue weighted by molar-refractivity contribution is 5.91. The lowest BCUT2D eigenvalue weighted by Gasteiger charge is -2.27. The topological polar surface area (TPSA) is 95.9 Å². The number of carboxylic acids is 1. The van der Waals surface area contributed by atoms with E-state index in [4.69, 9.17) is 0 Å². The van der Waals surface area contributed by atoms with Crippen LogP contribution >= 0.6 is 0 Å². The highest BCUT2D eigenvalue weighted by Gasteiger charge is 2.56. The summed E-state index contributed by atoms with van der Waals surface area (Å²) in [6, 6.07) is 6.96. The molecule has 0 unspecified atom stereocenters. The molecule has 1 heterocycles. The third kappa shape index (κ3) is 3.06. The molecule has 0 bridgehead atoms. The lowest BCUT2D eigenvalue weighted by atomic mass is 10.0. The average Bonchev–Trinajstić information content (AvgIpc) is 3.22. The van der Waals surface area contributed by atoms with E-state index in [1.54, 1.807) is 30.3 Å². The van der Waals surface area contributed by atoms with Crippen molar-refractivity contribution in [1.29, 1.82) is 0 Å². The van der Waals surface area contributed by atoms with E-state index in [0.29, 0.717) is 18.5 Å². The van der Waals surface area contributed by atoms with E-state index in [0.717, 1.165) is 12.8 Å². The first kappa shape index (κ1) is 16.3. The number of carbonyl (C=O) groups is 3. The summed E-state index contributed by atoms with van der Waals surface area (Å²) in [5.41, 5.74) is 0.541. The zero-order chi connectivity index (χ0) is 17.3. The number of nitrogens with one attached hydrogen (secondary N) is 1. The van der Waals surface area contributed by atoms with Gasteiger partial charge in [0.2, 0.25) is 0 Å². The van der Waals surface area contributed by atoms with E-state index in [2.05, 4.69) is 10.1 Å². The Bertz CT molecular complexity index is 656. The Labute approximate surface area is 139 Å². The van der Waals surface area contributed by atoms with Gasteiger partial charge in [0.1, 0.15) is 12.1 Å². The minimum atomic E-state index is -1.00. The third-order valence-electron chi connectivity index (χ3n) is 4.86. The molecule has 3 rings (SSSR count). The van der Waals surface area contributed by atoms with Crippen molar-refractivity contribution >= 4 is 18.0 Å². The Morgan fingerprint density at radius 3 is 2.50 bits per heavy atom. The minimum absolute atomic E-state index is 0.0504. The summed E-state index contributed by atoms with van der Waals surface area (Å²) >= 11 is 0. The van der Waals surface area contributed by atoms with Crippen LogP contribution in [0.1, 0.15) is 30.9 Å². The molecule has 0 aromatic heterocycles. The summed E-state index contributed by atoms with van der Waals surface area (Å²) in [6.45, 7) is 0.426. The molecule has 1 aromatic carbocycles. The quantitative estimate of drug-likeness (QED) is 0.872. The van der Waals surface area contributed by atoms with E-state index in [1.165, 1.54) is 12.0 Å². The molecule has 1 aromatic rings. The Hall–Kier alpha value is -2.57. The number of likely N-dealkylation sites (tertiary alicyclic amines) is 1. The highest BCUT2D eigenvalue weighted by Crippen LogP contribution is 2.55. The van der Waals surface area contributed by atoms with Gasteiger partial charge in [0.25, 0.3) is 5.91 Å². The number of hydrogen-bond donors (Lipinski definition) is 2. The van der Waals surface area contributed by atoms with Crippen molar-refractivity contribution < 1.29 is 24.2 Å². The molecular formula is C17H20N2O5. The van der Waals surface area contributed by atoms with Crippen molar-refractivity contribution in [2.75, 3.05) is 13.7 Å². The van der Waals surface area contributed by atoms with Crippen LogP contribution in [0.3, 0.4) is 0 Å². The molecule has 2 N–H and O–H groups in total. The van der Waals surface area contributed by atoms with Crippen LogP contribution in [-0.2, 0) is 14.3 Å². The smallest absolute Gasteiger partial charge is 0.407 e. The Balaban J connectivity index is 1.87. The van der Waals surface area contributed by atoms with Gasteiger partial charge in [-0.2, -0.15) is 0 Å². The molecule has 2 amide bonds. The number of alkyl carbamates (subject to hydrolysis) is 1. The molecule has 0 radical (unpaired) electrons. The Morgan fingerprint density at radius 1 is 1.29 bits per heavy atom. The van der Waals surface area contributed by atoms with Crippen LogP contribution in [0.2, 0.25) is 0 Å². The fraction of sp³-hybridized carbons (Fsp3) is 0.471. The number of rotatable bonds is 4. The number of carbonyl (C=O) groups excluding carboxylic acids is 2. The molecule has 1 aliphatic heterocycles. The van der Waals surface area contributed by atoms with Gasteiger partial charge in [-0.1, -0.05) is 30.3 Å². The molecule has 2 atom stereocenters. The lowest BCUT2D eigenvalue weighted by molar-refractivity contribution is -0.149. The van der Waals surface area contributed by atoms with Crippen LogP contribution < -0.4 is 5.32 Å². The number of carboxylic acid groups (broad SMARTS) is 1. The monoisotopic (exact) mass is 332 g/mol. The highest BCUT2D eigenvalue weighted by atomic mass is 16.5. The molecule has 7 nitrogen and oxygen atoms in total. The number of hydrogen-bond acceptors (Lipinski definition) is 4. The molecule has 2 aliphatic rings. The normalized spacial score (nSPS) is 22.0. The summed E-state index contributed by atoms with van der Waals surface area (Å²) in [4.78, 5) is 37.6. The van der Waals surface area contributed by atoms with Crippen LogP contribution in [0.25, 0.3) is 0 Å². The summed E-state index contributed by atoms with van der Waals surface area (Å²) in [5.74, 6) is -1.42. The van der Waals surface area contributed by atoms with Gasteiger partial charge in [0.05, 0.1) is 7.11 Å². The van der Waals surface area contributed by atoms with Gasteiger partial charge in [0, 0.05) is 6.54 Å². The first-order valence-corrected chi connectivity index (χ1v) is 7.88. The van der Waals surface area contributed by atoms with Crippen molar-refractivity contribution in [3.05, 3.63) is 35.9 Å². The molecule has 7 heteroatoms. The summed E-state index contributed by atoms with van der Waals surface area (Å²) < 4.78 is 4.61. The van der Waals surface area contributed by atoms with E-state index in [-0.39, 0.29) is 5.41 Å². The molecule has 1 saturated heterocycles. The first-order valence-electron chi connectivity index (χ1n) is 7.88. The maximum atomic E-state index is 13.0. The molecular weight excluding hydrogens is 312 g/mol. The Kier molecular flexibility index (Phi) is 4.17. The predicted octanol–water partition coefficient (Wildman–Crippen LogP) is 1.55. The molecule has 2 fully saturated rings. The predicted molar refractivity (Wildman–Crippen MR) is 84.1 cm³/mol. The van der Waals surface area contributed by atoms with Crippen molar-refractivity contribution in [2.24, 2.45) is 5.41 Å². The maximum absolute atomic E-state index is 13.0. The standard InChI is InChI=1S/C17H20N2O5/c1-24-16(23)18-13(11-5-3-2-4-6-11)14(20)19-10-17(7-8-17)9-12(19)15(21)22/h2-6,12-13H,7-10H2,1H3,(H,18,23)(H,21,22)/t12-,13-/m0/s1. The van der Waals surface area contributed by atoms with Crippen LogP contribution in [0, 0.1) is 5.41 Å². The van der Waals surface area contributed by atoms with Crippen LogP contribution in [-0.4, -0.2) is 47.7 Å². The molecule has 1 saturated carbocycles. The number of amides is 2. The lowest BCUT2D eigenvalue weighted by Crippen LogP contribution is -2.47. The van der Waals surface area contributed by atoms with Crippen LogP contribution in [0.4, 0.5) is 4.79 Å². The SMILES string of the molecule is COC(=O)N[C@H](C(=O)N1CC2(CC2)C[C@H]1C(=O)O)c1ccccc1. The minimum Gasteiger partial charge on any atom is -0.480 e. The molecule has 24 heavy (non-hydrogen) atoms. The van der Waals surface area contributed by atoms with E-state index < -0.39 is 30.1 Å². The average molecular weight is 332 g/mol. The second-order valence-corrected chi connectivity index (χ2v) is 6.50. The molecule has 1 spiro atoms. The number of methoxy groups -OCH3 is 1. The number of nitrogens with zero attached hydrogens (tertiary/aromatic N) is 1. The fourth-order valence-electron chi connectivity index (χ4n) is 3.32. The van der Waals surface area contributed by atoms with E-state index in [9.17, 15) is 19.5 Å². The summed E-state index contributed by atoms with van der Waals surface area (Å²) in [6.07, 6.45) is 1.64. The van der Waals surface area contributed by atoms with Gasteiger partial charge >= 0.3 is 12.1 Å². The first-order chi connectivity index (χ1) is 11.5. The van der Waals surface area contributed by atoms with Crippen molar-refractivity contribution in [3.8, 4) is 0 Å². The second-order valence-electron chi connectivity index (χ2n) is 6.50.